The van der Waals surface area contributed by atoms with Crippen LogP contribution in [0.25, 0.3) is 0 Å². The fourth-order valence-corrected chi connectivity index (χ4v) is 5.47. The van der Waals surface area contributed by atoms with E-state index >= 15 is 0 Å². The number of piperidine rings is 1. The number of benzene rings is 1. The molecule has 1 aromatic carbocycles. The number of rotatable bonds is 4. The number of aryl methyl sites for hydroxylation is 1. The minimum atomic E-state index is -4.05. The average molecular weight is 339 g/mol. The second kappa shape index (κ2) is 6.02. The van der Waals surface area contributed by atoms with E-state index in [1.807, 2.05) is 7.05 Å². The van der Waals surface area contributed by atoms with E-state index in [1.165, 1.54) is 0 Å². The van der Waals surface area contributed by atoms with Crippen molar-refractivity contribution in [2.45, 2.75) is 44.4 Å². The smallest absolute Gasteiger partial charge is 0.359 e. The molecular formula is C16H22NO5P. The van der Waals surface area contributed by atoms with Gasteiger partial charge >= 0.3 is 13.6 Å². The highest BCUT2D eigenvalue weighted by Gasteiger charge is 2.51. The minimum Gasteiger partial charge on any atom is -0.481 e. The molecule has 1 unspecified atom stereocenters. The van der Waals surface area contributed by atoms with Gasteiger partial charge in [-0.3, -0.25) is 14.3 Å². The molecule has 2 aliphatic heterocycles. The Morgan fingerprint density at radius 1 is 1.35 bits per heavy atom. The van der Waals surface area contributed by atoms with E-state index in [0.29, 0.717) is 12.0 Å². The number of carbonyl (C=O) groups is 1. The van der Waals surface area contributed by atoms with Crippen molar-refractivity contribution in [1.82, 2.24) is 4.90 Å². The first-order chi connectivity index (χ1) is 10.8. The summed E-state index contributed by atoms with van der Waals surface area (Å²) < 4.78 is 18.3. The summed E-state index contributed by atoms with van der Waals surface area (Å²) in [6.07, 6.45) is 1.43. The lowest BCUT2D eigenvalue weighted by atomic mass is 9.88. The highest BCUT2D eigenvalue weighted by atomic mass is 31.2. The molecule has 5 atom stereocenters. The van der Waals surface area contributed by atoms with E-state index in [1.54, 1.807) is 31.2 Å². The zero-order valence-electron chi connectivity index (χ0n) is 13.3. The summed E-state index contributed by atoms with van der Waals surface area (Å²) in [7, 11) is -2.13. The molecule has 126 valence electrons. The molecule has 0 spiro atoms. The van der Waals surface area contributed by atoms with Gasteiger partial charge in [0.05, 0.1) is 17.3 Å². The van der Waals surface area contributed by atoms with Crippen molar-refractivity contribution in [2.24, 2.45) is 5.92 Å². The Morgan fingerprint density at radius 2 is 2.04 bits per heavy atom. The Hall–Kier alpha value is -1.20. The van der Waals surface area contributed by atoms with E-state index in [2.05, 4.69) is 4.90 Å². The molecule has 3 rings (SSSR count). The van der Waals surface area contributed by atoms with Gasteiger partial charge in [-0.05, 0) is 44.9 Å². The number of aliphatic carboxylic acids is 1. The van der Waals surface area contributed by atoms with Gasteiger partial charge in [0.15, 0.2) is 0 Å². The molecule has 0 aliphatic carbocycles. The molecule has 0 saturated carbocycles. The molecule has 2 fully saturated rings. The third kappa shape index (κ3) is 2.96. The maximum atomic E-state index is 12.7. The lowest BCUT2D eigenvalue weighted by molar-refractivity contribution is -0.150. The molecular weight excluding hydrogens is 317 g/mol. The van der Waals surface area contributed by atoms with Gasteiger partial charge in [-0.2, -0.15) is 0 Å². The van der Waals surface area contributed by atoms with Crippen molar-refractivity contribution in [3.63, 3.8) is 0 Å². The van der Waals surface area contributed by atoms with E-state index in [4.69, 9.17) is 4.52 Å². The molecule has 7 heteroatoms. The van der Waals surface area contributed by atoms with Crippen molar-refractivity contribution < 1.29 is 23.9 Å². The second-order valence-electron chi connectivity index (χ2n) is 6.51. The van der Waals surface area contributed by atoms with E-state index in [9.17, 15) is 19.4 Å². The largest absolute Gasteiger partial charge is 0.481 e. The Morgan fingerprint density at radius 3 is 2.70 bits per heavy atom. The summed E-state index contributed by atoms with van der Waals surface area (Å²) >= 11 is 0. The van der Waals surface area contributed by atoms with Gasteiger partial charge in [0.2, 0.25) is 0 Å². The molecule has 1 aromatic rings. The fourth-order valence-electron chi connectivity index (χ4n) is 3.97. The number of fused-ring (bicyclic) bond motifs is 2. The number of carboxylic acid groups (broad SMARTS) is 1. The van der Waals surface area contributed by atoms with Gasteiger partial charge in [0, 0.05) is 12.1 Å². The van der Waals surface area contributed by atoms with Gasteiger partial charge in [0.25, 0.3) is 0 Å². The summed E-state index contributed by atoms with van der Waals surface area (Å²) in [4.78, 5) is 24.2. The van der Waals surface area contributed by atoms with Gasteiger partial charge in [-0.15, -0.1) is 0 Å². The Bertz CT molecular complexity index is 664. The molecule has 23 heavy (non-hydrogen) atoms. The molecule has 2 bridgehead atoms. The third-order valence-corrected chi connectivity index (χ3v) is 6.86. The molecule has 2 heterocycles. The SMILES string of the molecule is Cc1ccccc1P(=O)(O)O[C@H]1C[C@@H]2CC[C@H]([C@H]1C(=O)O)N2C. The molecule has 6 nitrogen and oxygen atoms in total. The predicted molar refractivity (Wildman–Crippen MR) is 85.8 cm³/mol. The highest BCUT2D eigenvalue weighted by Crippen LogP contribution is 2.49. The maximum absolute atomic E-state index is 12.7. The maximum Gasteiger partial charge on any atom is 0.359 e. The second-order valence-corrected chi connectivity index (χ2v) is 8.25. The number of hydrogen-bond acceptors (Lipinski definition) is 4. The van der Waals surface area contributed by atoms with Gasteiger partial charge in [-0.25, -0.2) is 0 Å². The summed E-state index contributed by atoms with van der Waals surface area (Å²) in [5.41, 5.74) is 0.668. The molecule has 0 aromatic heterocycles. The fraction of sp³-hybridized carbons (Fsp3) is 0.562. The molecule has 2 saturated heterocycles. The van der Waals surface area contributed by atoms with Crippen LogP contribution in [0.5, 0.6) is 0 Å². The number of nitrogens with zero attached hydrogens (tertiary/aromatic N) is 1. The van der Waals surface area contributed by atoms with Crippen molar-refractivity contribution in [3.05, 3.63) is 29.8 Å². The zero-order chi connectivity index (χ0) is 16.8. The van der Waals surface area contributed by atoms with E-state index in [0.717, 1.165) is 12.8 Å². The van der Waals surface area contributed by atoms with Crippen LogP contribution in [0.3, 0.4) is 0 Å². The van der Waals surface area contributed by atoms with Crippen LogP contribution in [0.15, 0.2) is 24.3 Å². The Kier molecular flexibility index (Phi) is 4.36. The van der Waals surface area contributed by atoms with Crippen LogP contribution >= 0.6 is 7.60 Å². The molecule has 2 N–H and O–H groups in total. The minimum absolute atomic E-state index is 0.131. The zero-order valence-corrected chi connectivity index (χ0v) is 14.1. The third-order valence-electron chi connectivity index (χ3n) is 5.20. The Labute approximate surface area is 135 Å². The van der Waals surface area contributed by atoms with E-state index in [-0.39, 0.29) is 17.4 Å². The van der Waals surface area contributed by atoms with Crippen LogP contribution in [0.1, 0.15) is 24.8 Å². The topological polar surface area (TPSA) is 87.1 Å². The van der Waals surface area contributed by atoms with Gasteiger partial charge in [0.1, 0.15) is 0 Å². The first-order valence-corrected chi connectivity index (χ1v) is 9.41. The van der Waals surface area contributed by atoms with Crippen molar-refractivity contribution in [1.29, 1.82) is 0 Å². The first-order valence-electron chi connectivity index (χ1n) is 7.83. The van der Waals surface area contributed by atoms with Crippen LogP contribution in [-0.2, 0) is 13.9 Å². The van der Waals surface area contributed by atoms with Crippen molar-refractivity contribution in [2.75, 3.05) is 7.05 Å². The Balaban J connectivity index is 1.88. The molecule has 2 aliphatic rings. The summed E-state index contributed by atoms with van der Waals surface area (Å²) in [6.45, 7) is 1.74. The van der Waals surface area contributed by atoms with Gasteiger partial charge in [-0.1, -0.05) is 18.2 Å². The summed E-state index contributed by atoms with van der Waals surface area (Å²) in [6, 6.07) is 6.87. The average Bonchev–Trinajstić information content (AvgIpc) is 2.70. The molecule has 0 amide bonds. The van der Waals surface area contributed by atoms with Crippen LogP contribution in [0.2, 0.25) is 0 Å². The van der Waals surface area contributed by atoms with E-state index < -0.39 is 25.6 Å². The lowest BCUT2D eigenvalue weighted by Crippen LogP contribution is -2.52. The van der Waals surface area contributed by atoms with Crippen LogP contribution in [0.4, 0.5) is 0 Å². The predicted octanol–water partition coefficient (Wildman–Crippen LogP) is 1.76. The quantitative estimate of drug-likeness (QED) is 0.813. The highest BCUT2D eigenvalue weighted by molar-refractivity contribution is 7.61. The standard InChI is InChI=1S/C16H22NO5P/c1-10-5-3-4-6-14(10)23(20,21)22-13-9-11-7-8-12(17(11)2)15(13)16(18)19/h3-6,11-13,15H,7-9H2,1-2H3,(H,18,19)(H,20,21)/t11-,12+,13-,15+/m0/s1. The van der Waals surface area contributed by atoms with Crippen LogP contribution in [-0.4, -0.2) is 46.1 Å². The monoisotopic (exact) mass is 339 g/mol. The molecule has 0 radical (unpaired) electrons. The first kappa shape index (κ1) is 16.7. The summed E-state index contributed by atoms with van der Waals surface area (Å²) in [5, 5.41) is 9.84. The number of carboxylic acids is 1. The van der Waals surface area contributed by atoms with Crippen LogP contribution < -0.4 is 5.30 Å². The van der Waals surface area contributed by atoms with Crippen LogP contribution in [0, 0.1) is 12.8 Å². The summed E-state index contributed by atoms with van der Waals surface area (Å²) in [5.74, 6) is -1.74. The van der Waals surface area contributed by atoms with Crippen molar-refractivity contribution >= 4 is 18.9 Å². The lowest BCUT2D eigenvalue weighted by Gasteiger charge is -2.41. The van der Waals surface area contributed by atoms with Gasteiger partial charge < -0.3 is 14.5 Å². The van der Waals surface area contributed by atoms with Crippen molar-refractivity contribution in [3.8, 4) is 0 Å². The normalized spacial score (nSPS) is 33.3. The number of hydrogen-bond donors (Lipinski definition) is 2.